The SMILES string of the molecule is CCC(C)N(C)CCNCc1ccc(O)cc1O. The zero-order chi connectivity index (χ0) is 13.5. The molecule has 1 aromatic carbocycles. The second-order valence-corrected chi connectivity index (χ2v) is 4.73. The quantitative estimate of drug-likeness (QED) is 0.649. The molecular weight excluding hydrogens is 228 g/mol. The molecule has 0 aliphatic rings. The van der Waals surface area contributed by atoms with E-state index < -0.39 is 0 Å². The fourth-order valence-electron chi connectivity index (χ4n) is 1.71. The van der Waals surface area contributed by atoms with Crippen molar-refractivity contribution < 1.29 is 10.2 Å². The van der Waals surface area contributed by atoms with Gasteiger partial charge in [-0.25, -0.2) is 0 Å². The monoisotopic (exact) mass is 252 g/mol. The van der Waals surface area contributed by atoms with Crippen molar-refractivity contribution in [1.29, 1.82) is 0 Å². The topological polar surface area (TPSA) is 55.7 Å². The highest BCUT2D eigenvalue weighted by Crippen LogP contribution is 2.22. The molecule has 0 amide bonds. The minimum absolute atomic E-state index is 0.0905. The zero-order valence-corrected chi connectivity index (χ0v) is 11.5. The molecule has 4 heteroatoms. The molecule has 0 bridgehead atoms. The van der Waals surface area contributed by atoms with Crippen molar-refractivity contribution in [1.82, 2.24) is 10.2 Å². The lowest BCUT2D eigenvalue weighted by atomic mass is 10.2. The molecule has 1 rings (SSSR count). The van der Waals surface area contributed by atoms with Crippen LogP contribution in [0.4, 0.5) is 0 Å². The number of phenols is 2. The molecule has 1 unspecified atom stereocenters. The Morgan fingerprint density at radius 3 is 2.67 bits per heavy atom. The number of likely N-dealkylation sites (N-methyl/N-ethyl adjacent to an activating group) is 1. The zero-order valence-electron chi connectivity index (χ0n) is 11.5. The van der Waals surface area contributed by atoms with Crippen LogP contribution in [-0.4, -0.2) is 41.3 Å². The minimum Gasteiger partial charge on any atom is -0.508 e. The molecule has 4 nitrogen and oxygen atoms in total. The number of benzene rings is 1. The summed E-state index contributed by atoms with van der Waals surface area (Å²) < 4.78 is 0. The van der Waals surface area contributed by atoms with Gasteiger partial charge in [-0.2, -0.15) is 0 Å². The van der Waals surface area contributed by atoms with Gasteiger partial charge in [-0.1, -0.05) is 13.0 Å². The predicted octanol–water partition coefficient (Wildman–Crippen LogP) is 1.92. The first-order chi connectivity index (χ1) is 8.54. The van der Waals surface area contributed by atoms with Crippen LogP contribution in [0.25, 0.3) is 0 Å². The first-order valence-electron chi connectivity index (χ1n) is 6.46. The Balaban J connectivity index is 2.29. The number of nitrogens with one attached hydrogen (secondary N) is 1. The predicted molar refractivity (Wildman–Crippen MR) is 73.9 cm³/mol. The molecule has 1 atom stereocenters. The van der Waals surface area contributed by atoms with Gasteiger partial charge < -0.3 is 20.4 Å². The van der Waals surface area contributed by atoms with Gasteiger partial charge in [0, 0.05) is 37.3 Å². The number of nitrogens with zero attached hydrogens (tertiary/aromatic N) is 1. The van der Waals surface area contributed by atoms with E-state index in [1.165, 1.54) is 6.07 Å². The standard InChI is InChI=1S/C14H24N2O2/c1-4-11(2)16(3)8-7-15-10-12-5-6-13(17)9-14(12)18/h5-6,9,11,15,17-18H,4,7-8,10H2,1-3H3. The van der Waals surface area contributed by atoms with Gasteiger partial charge in [0.05, 0.1) is 0 Å². The molecule has 0 aliphatic carbocycles. The summed E-state index contributed by atoms with van der Waals surface area (Å²) in [4.78, 5) is 2.31. The average molecular weight is 252 g/mol. The smallest absolute Gasteiger partial charge is 0.123 e. The Labute approximate surface area is 109 Å². The fraction of sp³-hybridized carbons (Fsp3) is 0.571. The van der Waals surface area contributed by atoms with Gasteiger partial charge in [-0.05, 0) is 26.5 Å². The van der Waals surface area contributed by atoms with Crippen molar-refractivity contribution in [2.45, 2.75) is 32.9 Å². The fourth-order valence-corrected chi connectivity index (χ4v) is 1.71. The van der Waals surface area contributed by atoms with Crippen LogP contribution >= 0.6 is 0 Å². The maximum absolute atomic E-state index is 9.62. The summed E-state index contributed by atoms with van der Waals surface area (Å²) in [6, 6.07) is 5.27. The van der Waals surface area contributed by atoms with Crippen LogP contribution in [0.2, 0.25) is 0 Å². The van der Waals surface area contributed by atoms with Crippen molar-refractivity contribution >= 4 is 0 Å². The molecule has 0 fully saturated rings. The van der Waals surface area contributed by atoms with E-state index in [2.05, 4.69) is 31.1 Å². The number of rotatable bonds is 7. The lowest BCUT2D eigenvalue weighted by Gasteiger charge is -2.23. The minimum atomic E-state index is 0.0905. The van der Waals surface area contributed by atoms with E-state index in [4.69, 9.17) is 0 Å². The normalized spacial score (nSPS) is 12.9. The summed E-state index contributed by atoms with van der Waals surface area (Å²) in [7, 11) is 2.12. The summed E-state index contributed by atoms with van der Waals surface area (Å²) >= 11 is 0. The van der Waals surface area contributed by atoms with Gasteiger partial charge >= 0.3 is 0 Å². The van der Waals surface area contributed by atoms with Gasteiger partial charge in [-0.15, -0.1) is 0 Å². The van der Waals surface area contributed by atoms with Crippen LogP contribution in [0.1, 0.15) is 25.8 Å². The van der Waals surface area contributed by atoms with E-state index in [0.717, 1.165) is 25.1 Å². The van der Waals surface area contributed by atoms with Crippen molar-refractivity contribution in [3.8, 4) is 11.5 Å². The number of hydrogen-bond acceptors (Lipinski definition) is 4. The Kier molecular flexibility index (Phi) is 5.95. The third-order valence-corrected chi connectivity index (χ3v) is 3.37. The molecule has 0 aliphatic heterocycles. The first-order valence-corrected chi connectivity index (χ1v) is 6.46. The Morgan fingerprint density at radius 2 is 2.06 bits per heavy atom. The molecule has 0 saturated carbocycles. The van der Waals surface area contributed by atoms with E-state index in [9.17, 15) is 10.2 Å². The summed E-state index contributed by atoms with van der Waals surface area (Å²) in [5.74, 6) is 0.227. The van der Waals surface area contributed by atoms with Crippen LogP contribution in [0.15, 0.2) is 18.2 Å². The Bertz CT molecular complexity index is 369. The second-order valence-electron chi connectivity index (χ2n) is 4.73. The number of phenolic OH excluding ortho intramolecular Hbond substituents is 2. The third-order valence-electron chi connectivity index (χ3n) is 3.37. The number of aromatic hydroxyl groups is 2. The highest BCUT2D eigenvalue weighted by atomic mass is 16.3. The van der Waals surface area contributed by atoms with Crippen molar-refractivity contribution in [3.05, 3.63) is 23.8 Å². The molecule has 0 spiro atoms. The van der Waals surface area contributed by atoms with E-state index in [-0.39, 0.29) is 11.5 Å². The highest BCUT2D eigenvalue weighted by Gasteiger charge is 2.06. The summed E-state index contributed by atoms with van der Waals surface area (Å²) in [6.07, 6.45) is 1.15. The van der Waals surface area contributed by atoms with Crippen LogP contribution in [0, 0.1) is 0 Å². The van der Waals surface area contributed by atoms with Crippen LogP contribution in [0.3, 0.4) is 0 Å². The summed E-state index contributed by atoms with van der Waals surface area (Å²) in [5, 5.41) is 22.1. The molecule has 0 saturated heterocycles. The third kappa shape index (κ3) is 4.55. The lowest BCUT2D eigenvalue weighted by Crippen LogP contribution is -2.34. The van der Waals surface area contributed by atoms with Crippen molar-refractivity contribution in [2.75, 3.05) is 20.1 Å². The van der Waals surface area contributed by atoms with Crippen molar-refractivity contribution in [2.24, 2.45) is 0 Å². The van der Waals surface area contributed by atoms with Crippen molar-refractivity contribution in [3.63, 3.8) is 0 Å². The van der Waals surface area contributed by atoms with Crippen LogP contribution in [-0.2, 0) is 6.54 Å². The van der Waals surface area contributed by atoms with E-state index >= 15 is 0 Å². The highest BCUT2D eigenvalue weighted by molar-refractivity contribution is 5.38. The van der Waals surface area contributed by atoms with Crippen LogP contribution < -0.4 is 5.32 Å². The molecule has 0 heterocycles. The van der Waals surface area contributed by atoms with E-state index in [1.54, 1.807) is 12.1 Å². The van der Waals surface area contributed by atoms with E-state index in [1.807, 2.05) is 0 Å². The van der Waals surface area contributed by atoms with Gasteiger partial charge in [0.1, 0.15) is 11.5 Å². The molecule has 1 aromatic rings. The maximum atomic E-state index is 9.62. The van der Waals surface area contributed by atoms with E-state index in [0.29, 0.717) is 12.6 Å². The molecule has 3 N–H and O–H groups in total. The molecule has 0 radical (unpaired) electrons. The molecule has 18 heavy (non-hydrogen) atoms. The Morgan fingerprint density at radius 1 is 1.33 bits per heavy atom. The summed E-state index contributed by atoms with van der Waals surface area (Å²) in [6.45, 7) is 6.87. The van der Waals surface area contributed by atoms with Gasteiger partial charge in [-0.3, -0.25) is 0 Å². The summed E-state index contributed by atoms with van der Waals surface area (Å²) in [5.41, 5.74) is 0.805. The molecular formula is C14H24N2O2. The average Bonchev–Trinajstić information content (AvgIpc) is 2.35. The van der Waals surface area contributed by atoms with Crippen LogP contribution in [0.5, 0.6) is 11.5 Å². The van der Waals surface area contributed by atoms with Gasteiger partial charge in [0.15, 0.2) is 0 Å². The molecule has 102 valence electrons. The first kappa shape index (κ1) is 14.8. The maximum Gasteiger partial charge on any atom is 0.123 e. The lowest BCUT2D eigenvalue weighted by molar-refractivity contribution is 0.251. The Hall–Kier alpha value is -1.26. The molecule has 0 aromatic heterocycles. The number of hydrogen-bond donors (Lipinski definition) is 3. The second kappa shape index (κ2) is 7.24. The van der Waals surface area contributed by atoms with Gasteiger partial charge in [0.25, 0.3) is 0 Å². The largest absolute Gasteiger partial charge is 0.508 e. The van der Waals surface area contributed by atoms with Gasteiger partial charge in [0.2, 0.25) is 0 Å².